The maximum absolute atomic E-state index is 12.4. The fourth-order valence-corrected chi connectivity index (χ4v) is 5.36. The number of hydrogen-bond acceptors (Lipinski definition) is 6. The largest absolute Gasteiger partial charge is 0.522 e. The molecule has 34 heavy (non-hydrogen) atoms. The normalized spacial score (nSPS) is 36.3. The number of nitrogens with one attached hydrogen (secondary N) is 1. The van der Waals surface area contributed by atoms with Crippen LogP contribution in [-0.2, 0) is 28.6 Å². The molecule has 5 aliphatic carbocycles. The summed E-state index contributed by atoms with van der Waals surface area (Å²) in [6.07, 6.45) is -10.1. The van der Waals surface area contributed by atoms with Crippen LogP contribution in [0.15, 0.2) is 0 Å². The van der Waals surface area contributed by atoms with E-state index in [1.165, 1.54) is 4.90 Å². The van der Waals surface area contributed by atoms with Gasteiger partial charge in [0.25, 0.3) is 0 Å². The molecule has 0 aromatic rings. The Hall–Kier alpha value is -1.93. The summed E-state index contributed by atoms with van der Waals surface area (Å²) in [5.41, 5.74) is -1.08. The molecule has 5 rings (SSSR count). The molecule has 0 saturated heterocycles. The summed E-state index contributed by atoms with van der Waals surface area (Å²) < 4.78 is 85.9. The molecule has 0 aromatic heterocycles. The number of nitrogens with zero attached hydrogens (tertiary/aromatic N) is 1. The van der Waals surface area contributed by atoms with Crippen molar-refractivity contribution in [1.82, 2.24) is 10.2 Å². The van der Waals surface area contributed by atoms with Crippen LogP contribution in [0.3, 0.4) is 0 Å². The molecule has 5 fully saturated rings. The van der Waals surface area contributed by atoms with Crippen molar-refractivity contribution in [2.45, 2.75) is 87.1 Å². The van der Waals surface area contributed by atoms with Crippen molar-refractivity contribution in [3.05, 3.63) is 0 Å². The lowest BCUT2D eigenvalue weighted by Crippen LogP contribution is -2.84. The quantitative estimate of drug-likeness (QED) is 0.344. The Kier molecular flexibility index (Phi) is 6.39. The topological polar surface area (TPSA) is 94.2 Å². The van der Waals surface area contributed by atoms with Gasteiger partial charge in [0.1, 0.15) is 6.61 Å². The minimum atomic E-state index is -4.75. The first-order chi connectivity index (χ1) is 15.7. The summed E-state index contributed by atoms with van der Waals surface area (Å²) in [6, 6.07) is 0. The number of amides is 2. The molecule has 0 spiro atoms. The molecule has 0 atom stereocenters. The van der Waals surface area contributed by atoms with Gasteiger partial charge >= 0.3 is 12.7 Å². The van der Waals surface area contributed by atoms with Gasteiger partial charge in [0, 0.05) is 29.8 Å². The molecule has 1 N–H and O–H groups in total. The predicted octanol–water partition coefficient (Wildman–Crippen LogP) is 2.20. The van der Waals surface area contributed by atoms with E-state index in [1.807, 2.05) is 0 Å². The Balaban J connectivity index is 1.13. The first kappa shape index (κ1) is 25.2. The average molecular weight is 502 g/mol. The van der Waals surface area contributed by atoms with Gasteiger partial charge in [-0.3, -0.25) is 23.9 Å². The van der Waals surface area contributed by atoms with Crippen LogP contribution >= 0.6 is 0 Å². The number of hydrogen-bond donors (Lipinski definition) is 1. The minimum Gasteiger partial charge on any atom is -0.368 e. The fraction of sp³-hybridized carbons (Fsp3) is 0.850. The standard InChI is InChI=1S/C20H24F6N2O6/c21-19(22,23)33-13-1-11(2-13)15(30)5-28(10-29)18-7-17(8-18,9-18)27-16(31)6-32-12-3-14(4-12)34-20(24,25)26/h10-14H,1-9H2,(H,27,31). The maximum Gasteiger partial charge on any atom is 0.522 e. The summed E-state index contributed by atoms with van der Waals surface area (Å²) in [6.45, 7) is -0.514. The fourth-order valence-electron chi connectivity index (χ4n) is 5.36. The van der Waals surface area contributed by atoms with E-state index in [2.05, 4.69) is 14.8 Å². The van der Waals surface area contributed by atoms with E-state index in [4.69, 9.17) is 4.74 Å². The van der Waals surface area contributed by atoms with Gasteiger partial charge in [0.2, 0.25) is 12.3 Å². The van der Waals surface area contributed by atoms with E-state index in [1.54, 1.807) is 0 Å². The number of carbonyl (C=O) groups is 3. The van der Waals surface area contributed by atoms with E-state index in [0.717, 1.165) is 0 Å². The van der Waals surface area contributed by atoms with Gasteiger partial charge in [0.15, 0.2) is 5.78 Å². The predicted molar refractivity (Wildman–Crippen MR) is 98.8 cm³/mol. The molecule has 0 unspecified atom stereocenters. The number of ether oxygens (including phenoxy) is 3. The zero-order valence-corrected chi connectivity index (χ0v) is 17.9. The molecule has 0 aliphatic heterocycles. The first-order valence-corrected chi connectivity index (χ1v) is 10.9. The van der Waals surface area contributed by atoms with Gasteiger partial charge in [-0.15, -0.1) is 26.3 Å². The van der Waals surface area contributed by atoms with Crippen molar-refractivity contribution in [2.75, 3.05) is 13.2 Å². The van der Waals surface area contributed by atoms with Crippen LogP contribution in [0.25, 0.3) is 0 Å². The van der Waals surface area contributed by atoms with Crippen LogP contribution in [0.2, 0.25) is 0 Å². The average Bonchev–Trinajstić information content (AvgIpc) is 2.57. The monoisotopic (exact) mass is 502 g/mol. The zero-order chi connectivity index (χ0) is 24.9. The number of Topliss-reactive ketones (excluding diaryl/α,β-unsaturated/α-hetero) is 1. The van der Waals surface area contributed by atoms with E-state index >= 15 is 0 Å². The Bertz CT molecular complexity index is 802. The second kappa shape index (κ2) is 8.63. The summed E-state index contributed by atoms with van der Waals surface area (Å²) in [5.74, 6) is -1.33. The van der Waals surface area contributed by atoms with Crippen LogP contribution in [-0.4, -0.2) is 78.3 Å². The van der Waals surface area contributed by atoms with Crippen molar-refractivity contribution in [2.24, 2.45) is 5.92 Å². The molecule has 0 aromatic carbocycles. The molecule has 8 nitrogen and oxygen atoms in total. The smallest absolute Gasteiger partial charge is 0.368 e. The molecule has 0 heterocycles. The zero-order valence-electron chi connectivity index (χ0n) is 17.9. The second-order valence-electron chi connectivity index (χ2n) is 9.73. The highest BCUT2D eigenvalue weighted by Gasteiger charge is 2.71. The summed E-state index contributed by atoms with van der Waals surface area (Å²) in [4.78, 5) is 37.4. The molecule has 5 aliphatic rings. The lowest BCUT2D eigenvalue weighted by atomic mass is 9.43. The number of ketones is 1. The number of carbonyl (C=O) groups excluding carboxylic acids is 3. The first-order valence-electron chi connectivity index (χ1n) is 10.9. The number of alkyl halides is 6. The van der Waals surface area contributed by atoms with Crippen LogP contribution in [0.5, 0.6) is 0 Å². The van der Waals surface area contributed by atoms with Crippen LogP contribution in [0.4, 0.5) is 26.3 Å². The Morgan fingerprint density at radius 1 is 0.912 bits per heavy atom. The summed E-state index contributed by atoms with van der Waals surface area (Å²) >= 11 is 0. The summed E-state index contributed by atoms with van der Waals surface area (Å²) in [7, 11) is 0. The number of rotatable bonds is 11. The lowest BCUT2D eigenvalue weighted by molar-refractivity contribution is -0.357. The molecule has 14 heteroatoms. The molecule has 2 amide bonds. The Morgan fingerprint density at radius 3 is 1.94 bits per heavy atom. The van der Waals surface area contributed by atoms with Crippen LogP contribution in [0, 0.1) is 5.92 Å². The maximum atomic E-state index is 12.4. The van der Waals surface area contributed by atoms with Crippen molar-refractivity contribution in [1.29, 1.82) is 0 Å². The van der Waals surface area contributed by atoms with Crippen LogP contribution < -0.4 is 5.32 Å². The van der Waals surface area contributed by atoms with Crippen molar-refractivity contribution in [3.63, 3.8) is 0 Å². The van der Waals surface area contributed by atoms with Gasteiger partial charge < -0.3 is 15.0 Å². The third-order valence-corrected chi connectivity index (χ3v) is 7.12. The van der Waals surface area contributed by atoms with Crippen molar-refractivity contribution >= 4 is 18.1 Å². The Morgan fingerprint density at radius 2 is 1.44 bits per heavy atom. The van der Waals surface area contributed by atoms with Gasteiger partial charge in [-0.1, -0.05) is 0 Å². The van der Waals surface area contributed by atoms with Gasteiger partial charge in [0.05, 0.1) is 24.9 Å². The van der Waals surface area contributed by atoms with Crippen molar-refractivity contribution in [3.8, 4) is 0 Å². The van der Waals surface area contributed by atoms with E-state index in [0.29, 0.717) is 25.7 Å². The highest BCUT2D eigenvalue weighted by molar-refractivity contribution is 5.86. The molecular formula is C20H24F6N2O6. The van der Waals surface area contributed by atoms with E-state index in [-0.39, 0.29) is 44.6 Å². The number of halogens is 6. The highest BCUT2D eigenvalue weighted by Crippen LogP contribution is 2.63. The molecule has 0 radical (unpaired) electrons. The highest BCUT2D eigenvalue weighted by atomic mass is 19.4. The Labute approximate surface area is 190 Å². The SMILES string of the molecule is O=CN(CC(=O)C1CC(OC(F)(F)F)C1)C12CC(NC(=O)COC3CC(OC(F)(F)F)C3)(C1)C2. The summed E-state index contributed by atoms with van der Waals surface area (Å²) in [5, 5.41) is 2.82. The molecule has 192 valence electrons. The minimum absolute atomic E-state index is 0.0396. The lowest BCUT2D eigenvalue weighted by Gasteiger charge is -2.73. The molecule has 5 saturated carbocycles. The molecule has 2 bridgehead atoms. The van der Waals surface area contributed by atoms with Crippen LogP contribution in [0.1, 0.15) is 44.9 Å². The third-order valence-electron chi connectivity index (χ3n) is 7.12. The van der Waals surface area contributed by atoms with E-state index in [9.17, 15) is 40.7 Å². The molecular weight excluding hydrogens is 478 g/mol. The van der Waals surface area contributed by atoms with Crippen molar-refractivity contribution < 1.29 is 54.9 Å². The second-order valence-corrected chi connectivity index (χ2v) is 9.73. The van der Waals surface area contributed by atoms with Gasteiger partial charge in [-0.05, 0) is 32.1 Å². The third kappa shape index (κ3) is 5.48. The van der Waals surface area contributed by atoms with E-state index < -0.39 is 53.9 Å². The van der Waals surface area contributed by atoms with Gasteiger partial charge in [-0.25, -0.2) is 0 Å². The van der Waals surface area contributed by atoms with Gasteiger partial charge in [-0.2, -0.15) is 0 Å².